The average Bonchev–Trinajstić information content (AvgIpc) is 2.84. The standard InChI is InChI=1S/C27H29ClN2O3/c1-32-24-16-20-14-15-30(26(27(29)31)19-6-4-3-5-7-19)23(22(20)17-25(24)33-2)13-10-18-8-11-21(28)12-9-18/h3-9,11-12,16-17,23,26H,10,13-15H2,1-2H3,(H2,29,31)/t23-,26+/m0/s1. The van der Waals surface area contributed by atoms with Crippen molar-refractivity contribution in [2.45, 2.75) is 31.3 Å². The normalized spacial score (nSPS) is 16.6. The highest BCUT2D eigenvalue weighted by Crippen LogP contribution is 2.43. The molecule has 0 saturated carbocycles. The highest BCUT2D eigenvalue weighted by molar-refractivity contribution is 6.30. The number of fused-ring (bicyclic) bond motifs is 1. The molecule has 2 atom stereocenters. The van der Waals surface area contributed by atoms with E-state index >= 15 is 0 Å². The molecule has 0 unspecified atom stereocenters. The summed E-state index contributed by atoms with van der Waals surface area (Å²) in [6.45, 7) is 0.719. The van der Waals surface area contributed by atoms with Crippen LogP contribution in [-0.4, -0.2) is 31.6 Å². The van der Waals surface area contributed by atoms with Crippen LogP contribution in [0, 0.1) is 0 Å². The molecule has 1 amide bonds. The molecule has 0 radical (unpaired) electrons. The van der Waals surface area contributed by atoms with Gasteiger partial charge in [0.15, 0.2) is 11.5 Å². The van der Waals surface area contributed by atoms with E-state index in [0.717, 1.165) is 47.7 Å². The fraction of sp³-hybridized carbons (Fsp3) is 0.296. The largest absolute Gasteiger partial charge is 0.493 e. The summed E-state index contributed by atoms with van der Waals surface area (Å²) in [5.41, 5.74) is 10.4. The Morgan fingerprint density at radius 2 is 1.73 bits per heavy atom. The summed E-state index contributed by atoms with van der Waals surface area (Å²) in [5, 5.41) is 0.720. The molecule has 1 aliphatic heterocycles. The van der Waals surface area contributed by atoms with Crippen LogP contribution < -0.4 is 15.2 Å². The first-order valence-corrected chi connectivity index (χ1v) is 11.5. The minimum atomic E-state index is -0.511. The molecule has 3 aromatic carbocycles. The number of hydrogen-bond donors (Lipinski definition) is 1. The van der Waals surface area contributed by atoms with Crippen molar-refractivity contribution in [1.82, 2.24) is 4.90 Å². The van der Waals surface area contributed by atoms with Crippen LogP contribution in [0.2, 0.25) is 5.02 Å². The van der Waals surface area contributed by atoms with Crippen molar-refractivity contribution in [3.8, 4) is 11.5 Å². The van der Waals surface area contributed by atoms with Gasteiger partial charge in [0.2, 0.25) is 5.91 Å². The van der Waals surface area contributed by atoms with E-state index in [2.05, 4.69) is 17.0 Å². The van der Waals surface area contributed by atoms with Crippen LogP contribution in [0.5, 0.6) is 11.5 Å². The van der Waals surface area contributed by atoms with Gasteiger partial charge < -0.3 is 15.2 Å². The van der Waals surface area contributed by atoms with E-state index in [4.69, 9.17) is 26.8 Å². The first kappa shape index (κ1) is 23.1. The summed E-state index contributed by atoms with van der Waals surface area (Å²) in [6, 6.07) is 21.3. The SMILES string of the molecule is COc1cc2c(cc1OC)[C@H](CCc1ccc(Cl)cc1)N([C@@H](C(N)=O)c1ccccc1)CC2. The number of amides is 1. The number of ether oxygens (including phenoxy) is 2. The topological polar surface area (TPSA) is 64.8 Å². The maximum absolute atomic E-state index is 12.7. The summed E-state index contributed by atoms with van der Waals surface area (Å²) in [6.07, 6.45) is 2.46. The zero-order valence-electron chi connectivity index (χ0n) is 19.0. The highest BCUT2D eigenvalue weighted by Gasteiger charge is 2.36. The Kier molecular flexibility index (Phi) is 7.21. The van der Waals surface area contributed by atoms with Gasteiger partial charge in [0, 0.05) is 17.6 Å². The lowest BCUT2D eigenvalue weighted by Gasteiger charge is -2.41. The molecule has 0 spiro atoms. The minimum absolute atomic E-state index is 0.0121. The number of primary amides is 1. The highest BCUT2D eigenvalue weighted by atomic mass is 35.5. The quantitative estimate of drug-likeness (QED) is 0.502. The Labute approximate surface area is 200 Å². The van der Waals surface area contributed by atoms with Crippen molar-refractivity contribution in [1.29, 1.82) is 0 Å². The van der Waals surface area contributed by atoms with Crippen LogP contribution in [-0.2, 0) is 17.6 Å². The maximum atomic E-state index is 12.7. The molecule has 3 aromatic rings. The van der Waals surface area contributed by atoms with Crippen molar-refractivity contribution in [3.63, 3.8) is 0 Å². The minimum Gasteiger partial charge on any atom is -0.493 e. The first-order valence-electron chi connectivity index (χ1n) is 11.1. The molecule has 5 nitrogen and oxygen atoms in total. The number of aryl methyl sites for hydroxylation is 1. The van der Waals surface area contributed by atoms with E-state index in [-0.39, 0.29) is 11.9 Å². The molecule has 0 aromatic heterocycles. The third-order valence-electron chi connectivity index (χ3n) is 6.38. The monoisotopic (exact) mass is 464 g/mol. The van der Waals surface area contributed by atoms with E-state index < -0.39 is 6.04 Å². The van der Waals surface area contributed by atoms with Crippen LogP contribution in [0.4, 0.5) is 0 Å². The second-order valence-electron chi connectivity index (χ2n) is 8.29. The van der Waals surface area contributed by atoms with E-state index in [9.17, 15) is 4.79 Å². The smallest absolute Gasteiger partial charge is 0.239 e. The summed E-state index contributed by atoms with van der Waals surface area (Å²) in [4.78, 5) is 15.0. The number of nitrogens with zero attached hydrogens (tertiary/aromatic N) is 1. The van der Waals surface area contributed by atoms with Gasteiger partial charge in [-0.05, 0) is 65.8 Å². The molecule has 33 heavy (non-hydrogen) atoms. The Morgan fingerprint density at radius 3 is 2.36 bits per heavy atom. The molecule has 0 saturated heterocycles. The van der Waals surface area contributed by atoms with Gasteiger partial charge in [-0.25, -0.2) is 0 Å². The zero-order chi connectivity index (χ0) is 23.4. The summed E-state index contributed by atoms with van der Waals surface area (Å²) >= 11 is 6.07. The van der Waals surface area contributed by atoms with E-state index in [1.807, 2.05) is 54.6 Å². The summed E-state index contributed by atoms with van der Waals surface area (Å²) in [7, 11) is 3.29. The summed E-state index contributed by atoms with van der Waals surface area (Å²) < 4.78 is 11.1. The predicted molar refractivity (Wildman–Crippen MR) is 131 cm³/mol. The zero-order valence-corrected chi connectivity index (χ0v) is 19.7. The molecule has 0 bridgehead atoms. The van der Waals surface area contributed by atoms with Gasteiger partial charge in [0.1, 0.15) is 6.04 Å². The van der Waals surface area contributed by atoms with Gasteiger partial charge in [0.25, 0.3) is 0 Å². The molecule has 4 rings (SSSR count). The third kappa shape index (κ3) is 5.00. The number of halogens is 1. The number of hydrogen-bond acceptors (Lipinski definition) is 4. The Bertz CT molecular complexity index is 1100. The first-order chi connectivity index (χ1) is 16.0. The Hall–Kier alpha value is -3.02. The van der Waals surface area contributed by atoms with Crippen molar-refractivity contribution >= 4 is 17.5 Å². The van der Waals surface area contributed by atoms with Gasteiger partial charge in [-0.2, -0.15) is 0 Å². The molecule has 6 heteroatoms. The van der Waals surface area contributed by atoms with Gasteiger partial charge in [-0.1, -0.05) is 54.1 Å². The number of nitrogens with two attached hydrogens (primary N) is 1. The van der Waals surface area contributed by atoms with Gasteiger partial charge >= 0.3 is 0 Å². The number of benzene rings is 3. The van der Waals surface area contributed by atoms with Gasteiger partial charge in [-0.15, -0.1) is 0 Å². The number of carbonyl (C=O) groups excluding carboxylic acids is 1. The molecular weight excluding hydrogens is 436 g/mol. The predicted octanol–water partition coefficient (Wildman–Crippen LogP) is 5.12. The molecule has 0 aliphatic carbocycles. The van der Waals surface area contributed by atoms with Crippen LogP contribution in [0.15, 0.2) is 66.7 Å². The Morgan fingerprint density at radius 1 is 1.06 bits per heavy atom. The number of carbonyl (C=O) groups is 1. The number of rotatable bonds is 8. The van der Waals surface area contributed by atoms with Crippen molar-refractivity contribution in [2.24, 2.45) is 5.73 Å². The second-order valence-corrected chi connectivity index (χ2v) is 8.73. The van der Waals surface area contributed by atoms with Gasteiger partial charge in [-0.3, -0.25) is 9.69 Å². The van der Waals surface area contributed by atoms with Crippen molar-refractivity contribution in [2.75, 3.05) is 20.8 Å². The van der Waals surface area contributed by atoms with Crippen LogP contribution in [0.25, 0.3) is 0 Å². The van der Waals surface area contributed by atoms with Crippen LogP contribution in [0.3, 0.4) is 0 Å². The molecule has 172 valence electrons. The molecule has 2 N–H and O–H groups in total. The van der Waals surface area contributed by atoms with Crippen molar-refractivity contribution < 1.29 is 14.3 Å². The van der Waals surface area contributed by atoms with E-state index in [1.165, 1.54) is 11.1 Å². The maximum Gasteiger partial charge on any atom is 0.239 e. The lowest BCUT2D eigenvalue weighted by atomic mass is 9.86. The van der Waals surface area contributed by atoms with Crippen molar-refractivity contribution in [3.05, 3.63) is 94.0 Å². The molecule has 0 fully saturated rings. The number of methoxy groups -OCH3 is 2. The molecule has 1 heterocycles. The lowest BCUT2D eigenvalue weighted by molar-refractivity contribution is -0.124. The fourth-order valence-electron chi connectivity index (χ4n) is 4.79. The second kappa shape index (κ2) is 10.3. The lowest BCUT2D eigenvalue weighted by Crippen LogP contribution is -2.44. The molecule has 1 aliphatic rings. The van der Waals surface area contributed by atoms with Gasteiger partial charge in [0.05, 0.1) is 14.2 Å². The Balaban J connectivity index is 1.75. The molecular formula is C27H29ClN2O3. The van der Waals surface area contributed by atoms with E-state index in [0.29, 0.717) is 5.75 Å². The fourth-order valence-corrected chi connectivity index (χ4v) is 4.91. The summed E-state index contributed by atoms with van der Waals surface area (Å²) in [5.74, 6) is 1.06. The van der Waals surface area contributed by atoms with Crippen LogP contribution in [0.1, 0.15) is 40.8 Å². The third-order valence-corrected chi connectivity index (χ3v) is 6.63. The van der Waals surface area contributed by atoms with E-state index in [1.54, 1.807) is 14.2 Å². The average molecular weight is 465 g/mol. The van der Waals surface area contributed by atoms with Crippen LogP contribution >= 0.6 is 11.6 Å².